The Balaban J connectivity index is 2.11. The molecule has 0 heterocycles. The van der Waals surface area contributed by atoms with Crippen LogP contribution in [-0.2, 0) is 6.54 Å². The van der Waals surface area contributed by atoms with E-state index in [1.54, 1.807) is 0 Å². The van der Waals surface area contributed by atoms with Crippen LogP contribution in [0.1, 0.15) is 5.56 Å². The van der Waals surface area contributed by atoms with Crippen molar-refractivity contribution in [2.75, 3.05) is 0 Å². The third kappa shape index (κ3) is 3.33. The molecule has 0 spiro atoms. The summed E-state index contributed by atoms with van der Waals surface area (Å²) in [6, 6.07) is 18.2. The molecular weight excluding hydrogens is 234 g/mol. The Bertz CT molecular complexity index is 493. The molecule has 0 aromatic heterocycles. The Morgan fingerprint density at radius 2 is 1.53 bits per heavy atom. The summed E-state index contributed by atoms with van der Waals surface area (Å²) in [4.78, 5) is 10.6. The Labute approximate surface area is 105 Å². The average molecular weight is 246 g/mol. The summed E-state index contributed by atoms with van der Waals surface area (Å²) in [6.45, 7) is 0.456. The number of carbonyl (C=O) groups is 1. The van der Waals surface area contributed by atoms with E-state index in [1.165, 1.54) is 5.56 Å². The fourth-order valence-corrected chi connectivity index (χ4v) is 1.68. The maximum absolute atomic E-state index is 10.6. The Morgan fingerprint density at radius 1 is 0.941 bits per heavy atom. The highest BCUT2D eigenvalue weighted by Gasteiger charge is 1.98. The van der Waals surface area contributed by atoms with Gasteiger partial charge in [0, 0.05) is 6.54 Å². The number of benzene rings is 2. The predicted molar refractivity (Wildman–Crippen MR) is 70.0 cm³/mol. The number of amides is 1. The second kappa shape index (κ2) is 5.51. The minimum atomic E-state index is -0.530. The lowest BCUT2D eigenvalue weighted by atomic mass is 10.0. The maximum atomic E-state index is 10.6. The third-order valence-corrected chi connectivity index (χ3v) is 2.63. The van der Waals surface area contributed by atoms with E-state index >= 15 is 0 Å². The highest BCUT2D eigenvalue weighted by atomic mass is 35.5. The molecule has 0 bridgehead atoms. The van der Waals surface area contributed by atoms with E-state index in [0.29, 0.717) is 6.54 Å². The summed E-state index contributed by atoms with van der Waals surface area (Å²) in [5, 5.41) is 2.02. The van der Waals surface area contributed by atoms with E-state index < -0.39 is 5.37 Å². The molecule has 0 saturated carbocycles. The lowest BCUT2D eigenvalue weighted by Gasteiger charge is -2.04. The molecule has 0 unspecified atom stereocenters. The summed E-state index contributed by atoms with van der Waals surface area (Å²) in [5.41, 5.74) is 3.37. The Kier molecular flexibility index (Phi) is 3.78. The van der Waals surface area contributed by atoms with Crippen molar-refractivity contribution in [1.82, 2.24) is 5.32 Å². The molecule has 0 aliphatic heterocycles. The second-order valence-electron chi connectivity index (χ2n) is 3.69. The second-order valence-corrected chi connectivity index (χ2v) is 4.03. The molecule has 3 heteroatoms. The molecule has 86 valence electrons. The van der Waals surface area contributed by atoms with E-state index in [1.807, 2.05) is 42.5 Å². The molecule has 17 heavy (non-hydrogen) atoms. The van der Waals surface area contributed by atoms with Gasteiger partial charge in [-0.1, -0.05) is 54.6 Å². The van der Waals surface area contributed by atoms with Gasteiger partial charge in [0.15, 0.2) is 0 Å². The van der Waals surface area contributed by atoms with E-state index in [4.69, 9.17) is 11.6 Å². The van der Waals surface area contributed by atoms with E-state index in [2.05, 4.69) is 17.4 Å². The van der Waals surface area contributed by atoms with Crippen LogP contribution in [0.25, 0.3) is 11.1 Å². The molecule has 2 aromatic rings. The van der Waals surface area contributed by atoms with Gasteiger partial charge < -0.3 is 5.32 Å². The van der Waals surface area contributed by atoms with E-state index in [-0.39, 0.29) is 0 Å². The largest absolute Gasteiger partial charge is 0.339 e. The van der Waals surface area contributed by atoms with Crippen LogP contribution in [0, 0.1) is 0 Å². The maximum Gasteiger partial charge on any atom is 0.314 e. The quantitative estimate of drug-likeness (QED) is 0.647. The van der Waals surface area contributed by atoms with Crippen LogP contribution < -0.4 is 5.32 Å². The molecule has 0 aliphatic rings. The summed E-state index contributed by atoms with van der Waals surface area (Å²) in [5.74, 6) is 0. The van der Waals surface area contributed by atoms with Gasteiger partial charge >= 0.3 is 5.37 Å². The Morgan fingerprint density at radius 3 is 2.12 bits per heavy atom. The topological polar surface area (TPSA) is 29.1 Å². The van der Waals surface area contributed by atoms with Crippen molar-refractivity contribution < 1.29 is 4.79 Å². The van der Waals surface area contributed by atoms with E-state index in [9.17, 15) is 4.79 Å². The Hall–Kier alpha value is -1.80. The standard InChI is InChI=1S/C14H12ClNO/c15-14(17)16-10-11-6-8-13(9-7-11)12-4-2-1-3-5-12/h1-9H,10H2,(H,16,17). The lowest BCUT2D eigenvalue weighted by molar-refractivity contribution is 0.259. The first-order chi connectivity index (χ1) is 8.25. The molecule has 1 N–H and O–H groups in total. The fraction of sp³-hybridized carbons (Fsp3) is 0.0714. The van der Waals surface area contributed by atoms with Crippen molar-refractivity contribution in [3.8, 4) is 11.1 Å². The van der Waals surface area contributed by atoms with Gasteiger partial charge in [0.2, 0.25) is 0 Å². The summed E-state index contributed by atoms with van der Waals surface area (Å²) < 4.78 is 0. The minimum Gasteiger partial charge on any atom is -0.339 e. The number of hydrogen-bond acceptors (Lipinski definition) is 1. The molecule has 2 aromatic carbocycles. The average Bonchev–Trinajstić information content (AvgIpc) is 2.38. The first-order valence-corrected chi connectivity index (χ1v) is 5.71. The van der Waals surface area contributed by atoms with Crippen molar-refractivity contribution in [2.45, 2.75) is 6.54 Å². The number of rotatable bonds is 3. The van der Waals surface area contributed by atoms with Gasteiger partial charge in [-0.15, -0.1) is 0 Å². The van der Waals surface area contributed by atoms with Crippen molar-refractivity contribution in [2.24, 2.45) is 0 Å². The van der Waals surface area contributed by atoms with Crippen LogP contribution in [0.5, 0.6) is 0 Å². The molecule has 0 atom stereocenters. The third-order valence-electron chi connectivity index (χ3n) is 2.49. The summed E-state index contributed by atoms with van der Waals surface area (Å²) in [7, 11) is 0. The van der Waals surface area contributed by atoms with E-state index in [0.717, 1.165) is 11.1 Å². The SMILES string of the molecule is O=C(Cl)NCc1ccc(-c2ccccc2)cc1. The number of halogens is 1. The zero-order valence-corrected chi connectivity index (χ0v) is 9.95. The van der Waals surface area contributed by atoms with Crippen molar-refractivity contribution in [3.63, 3.8) is 0 Å². The van der Waals surface area contributed by atoms with Gasteiger partial charge in [0.05, 0.1) is 0 Å². The number of hydrogen-bond donors (Lipinski definition) is 1. The van der Waals surface area contributed by atoms with Crippen LogP contribution in [0.3, 0.4) is 0 Å². The molecule has 0 radical (unpaired) electrons. The summed E-state index contributed by atoms with van der Waals surface area (Å²) >= 11 is 5.20. The zero-order chi connectivity index (χ0) is 12.1. The normalized spacial score (nSPS) is 9.94. The molecule has 2 nitrogen and oxygen atoms in total. The highest BCUT2D eigenvalue weighted by molar-refractivity contribution is 6.62. The molecular formula is C14H12ClNO. The highest BCUT2D eigenvalue weighted by Crippen LogP contribution is 2.19. The van der Waals surface area contributed by atoms with Gasteiger partial charge in [-0.2, -0.15) is 0 Å². The zero-order valence-electron chi connectivity index (χ0n) is 9.19. The van der Waals surface area contributed by atoms with Crippen LogP contribution in [0.2, 0.25) is 0 Å². The first-order valence-electron chi connectivity index (χ1n) is 5.33. The first kappa shape index (κ1) is 11.7. The van der Waals surface area contributed by atoms with Gasteiger partial charge in [0.1, 0.15) is 0 Å². The van der Waals surface area contributed by atoms with Gasteiger partial charge in [-0.05, 0) is 28.3 Å². The lowest BCUT2D eigenvalue weighted by Crippen LogP contribution is -2.15. The molecule has 0 fully saturated rings. The van der Waals surface area contributed by atoms with Crippen LogP contribution in [0.4, 0.5) is 4.79 Å². The van der Waals surface area contributed by atoms with Crippen molar-refractivity contribution >= 4 is 17.0 Å². The van der Waals surface area contributed by atoms with Crippen molar-refractivity contribution in [3.05, 3.63) is 60.2 Å². The van der Waals surface area contributed by atoms with Crippen LogP contribution in [0.15, 0.2) is 54.6 Å². The van der Waals surface area contributed by atoms with Crippen LogP contribution >= 0.6 is 11.6 Å². The monoisotopic (exact) mass is 245 g/mol. The van der Waals surface area contributed by atoms with Crippen molar-refractivity contribution in [1.29, 1.82) is 0 Å². The van der Waals surface area contributed by atoms with Gasteiger partial charge in [0.25, 0.3) is 0 Å². The molecule has 2 rings (SSSR count). The number of carbonyl (C=O) groups excluding carboxylic acids is 1. The molecule has 1 amide bonds. The van der Waals surface area contributed by atoms with Crippen LogP contribution in [-0.4, -0.2) is 5.37 Å². The van der Waals surface area contributed by atoms with Gasteiger partial charge in [-0.25, -0.2) is 0 Å². The summed E-state index contributed by atoms with van der Waals surface area (Å²) in [6.07, 6.45) is 0. The minimum absolute atomic E-state index is 0.456. The molecule has 0 saturated heterocycles. The molecule has 0 aliphatic carbocycles. The smallest absolute Gasteiger partial charge is 0.314 e. The fourth-order valence-electron chi connectivity index (χ4n) is 1.62. The number of nitrogens with one attached hydrogen (secondary N) is 1. The predicted octanol–water partition coefficient (Wildman–Crippen LogP) is 3.80. The van der Waals surface area contributed by atoms with Gasteiger partial charge in [-0.3, -0.25) is 4.79 Å².